The van der Waals surface area contributed by atoms with Crippen LogP contribution in [-0.4, -0.2) is 26.0 Å². The van der Waals surface area contributed by atoms with Crippen molar-refractivity contribution in [2.24, 2.45) is 0 Å². The van der Waals surface area contributed by atoms with Gasteiger partial charge in [0.05, 0.1) is 23.7 Å². The minimum Gasteiger partial charge on any atom is -0.494 e. The Kier molecular flexibility index (Phi) is 5.28. The molecule has 0 fully saturated rings. The molecule has 0 saturated heterocycles. The van der Waals surface area contributed by atoms with E-state index in [9.17, 15) is 4.79 Å². The topological polar surface area (TPSA) is 56.8 Å². The SMILES string of the molecule is CCOc1cc(OCC)cc(C2=C(NC)OC(c3cccs3)C2=O)c1. The molecule has 1 aromatic carbocycles. The van der Waals surface area contributed by atoms with Crippen LogP contribution in [0.3, 0.4) is 0 Å². The summed E-state index contributed by atoms with van der Waals surface area (Å²) in [5, 5.41) is 4.93. The third kappa shape index (κ3) is 3.49. The molecule has 1 atom stereocenters. The van der Waals surface area contributed by atoms with Gasteiger partial charge in [0, 0.05) is 13.1 Å². The zero-order chi connectivity index (χ0) is 17.8. The maximum absolute atomic E-state index is 13.0. The molecular formula is C19H21NO4S. The lowest BCUT2D eigenvalue weighted by atomic mass is 9.99. The number of benzene rings is 1. The summed E-state index contributed by atoms with van der Waals surface area (Å²) >= 11 is 1.51. The molecule has 0 radical (unpaired) electrons. The molecule has 6 heteroatoms. The van der Waals surface area contributed by atoms with Gasteiger partial charge in [-0.1, -0.05) is 6.07 Å². The second-order valence-electron chi connectivity index (χ2n) is 5.39. The van der Waals surface area contributed by atoms with E-state index in [2.05, 4.69) is 5.32 Å². The van der Waals surface area contributed by atoms with E-state index < -0.39 is 6.10 Å². The van der Waals surface area contributed by atoms with Crippen LogP contribution in [0.5, 0.6) is 11.5 Å². The van der Waals surface area contributed by atoms with Crippen LogP contribution in [0.4, 0.5) is 0 Å². The van der Waals surface area contributed by atoms with Crippen LogP contribution >= 0.6 is 11.3 Å². The highest BCUT2D eigenvalue weighted by Crippen LogP contribution is 2.40. The number of ketones is 1. The summed E-state index contributed by atoms with van der Waals surface area (Å²) in [5.74, 6) is 1.74. The summed E-state index contributed by atoms with van der Waals surface area (Å²) in [6, 6.07) is 9.34. The first-order valence-electron chi connectivity index (χ1n) is 8.25. The van der Waals surface area contributed by atoms with Crippen molar-refractivity contribution < 1.29 is 19.0 Å². The van der Waals surface area contributed by atoms with E-state index in [1.54, 1.807) is 7.05 Å². The lowest BCUT2D eigenvalue weighted by Gasteiger charge is -2.11. The first-order valence-corrected chi connectivity index (χ1v) is 9.13. The van der Waals surface area contributed by atoms with Gasteiger partial charge in [0.2, 0.25) is 5.78 Å². The molecule has 132 valence electrons. The van der Waals surface area contributed by atoms with Crippen molar-refractivity contribution in [2.75, 3.05) is 20.3 Å². The van der Waals surface area contributed by atoms with Gasteiger partial charge in [0.15, 0.2) is 12.0 Å². The van der Waals surface area contributed by atoms with Crippen molar-refractivity contribution >= 4 is 22.7 Å². The van der Waals surface area contributed by atoms with Crippen molar-refractivity contribution in [3.63, 3.8) is 0 Å². The number of Topliss-reactive ketones (excluding diaryl/α,β-unsaturated/α-hetero) is 1. The first-order chi connectivity index (χ1) is 12.2. The number of carbonyl (C=O) groups is 1. The number of hydrogen-bond donors (Lipinski definition) is 1. The molecule has 1 unspecified atom stereocenters. The summed E-state index contributed by atoms with van der Waals surface area (Å²) in [6.45, 7) is 4.91. The van der Waals surface area contributed by atoms with Crippen LogP contribution in [0.2, 0.25) is 0 Å². The van der Waals surface area contributed by atoms with Crippen LogP contribution in [0, 0.1) is 0 Å². The van der Waals surface area contributed by atoms with Gasteiger partial charge in [-0.15, -0.1) is 11.3 Å². The van der Waals surface area contributed by atoms with Crippen LogP contribution in [0.15, 0.2) is 41.6 Å². The van der Waals surface area contributed by atoms with Crippen molar-refractivity contribution in [3.05, 3.63) is 52.0 Å². The van der Waals surface area contributed by atoms with Crippen molar-refractivity contribution in [1.82, 2.24) is 5.32 Å². The van der Waals surface area contributed by atoms with Crippen LogP contribution in [0.1, 0.15) is 30.4 Å². The number of rotatable bonds is 7. The first kappa shape index (κ1) is 17.4. The quantitative estimate of drug-likeness (QED) is 0.815. The van der Waals surface area contributed by atoms with E-state index in [4.69, 9.17) is 14.2 Å². The highest BCUT2D eigenvalue weighted by atomic mass is 32.1. The average molecular weight is 359 g/mol. The van der Waals surface area contributed by atoms with Gasteiger partial charge in [-0.3, -0.25) is 4.79 Å². The molecule has 1 aromatic heterocycles. The fourth-order valence-corrected chi connectivity index (χ4v) is 3.52. The molecule has 0 amide bonds. The number of carbonyl (C=O) groups excluding carboxylic acids is 1. The zero-order valence-electron chi connectivity index (χ0n) is 14.5. The Bertz CT molecular complexity index is 758. The van der Waals surface area contributed by atoms with Gasteiger partial charge in [0.1, 0.15) is 11.5 Å². The highest BCUT2D eigenvalue weighted by Gasteiger charge is 2.37. The summed E-state index contributed by atoms with van der Waals surface area (Å²) in [7, 11) is 1.75. The molecule has 0 spiro atoms. The van der Waals surface area contributed by atoms with Gasteiger partial charge in [-0.05, 0) is 43.0 Å². The highest BCUT2D eigenvalue weighted by molar-refractivity contribution is 7.10. The fourth-order valence-electron chi connectivity index (χ4n) is 2.77. The summed E-state index contributed by atoms with van der Waals surface area (Å²) in [4.78, 5) is 13.9. The summed E-state index contributed by atoms with van der Waals surface area (Å²) in [5.41, 5.74) is 1.24. The Morgan fingerprint density at radius 3 is 2.36 bits per heavy atom. The molecule has 5 nitrogen and oxygen atoms in total. The molecule has 3 rings (SSSR count). The number of thiophene rings is 1. The molecular weight excluding hydrogens is 338 g/mol. The second-order valence-corrected chi connectivity index (χ2v) is 6.37. The minimum absolute atomic E-state index is 0.0668. The Hall–Kier alpha value is -2.47. The third-order valence-electron chi connectivity index (χ3n) is 3.77. The molecule has 2 aromatic rings. The number of nitrogens with one attached hydrogen (secondary N) is 1. The normalized spacial score (nSPS) is 16.8. The maximum atomic E-state index is 13.0. The smallest absolute Gasteiger partial charge is 0.214 e. The second kappa shape index (κ2) is 7.61. The minimum atomic E-state index is -0.608. The average Bonchev–Trinajstić information content (AvgIpc) is 3.22. The lowest BCUT2D eigenvalue weighted by molar-refractivity contribution is -0.120. The fraction of sp³-hybridized carbons (Fsp3) is 0.316. The Morgan fingerprint density at radius 1 is 1.16 bits per heavy atom. The predicted octanol–water partition coefficient (Wildman–Crippen LogP) is 3.77. The van der Waals surface area contributed by atoms with Gasteiger partial charge >= 0.3 is 0 Å². The number of ether oxygens (including phenoxy) is 3. The third-order valence-corrected chi connectivity index (χ3v) is 4.68. The van der Waals surface area contributed by atoms with Gasteiger partial charge in [-0.25, -0.2) is 0 Å². The molecule has 0 saturated carbocycles. The van der Waals surface area contributed by atoms with Crippen molar-refractivity contribution in [1.29, 1.82) is 0 Å². The van der Waals surface area contributed by atoms with Crippen LogP contribution in [0.25, 0.3) is 5.57 Å². The van der Waals surface area contributed by atoms with Crippen LogP contribution in [-0.2, 0) is 9.53 Å². The molecule has 1 aliphatic heterocycles. The largest absolute Gasteiger partial charge is 0.494 e. The molecule has 25 heavy (non-hydrogen) atoms. The standard InChI is InChI=1S/C19H21NO4S/c1-4-22-13-9-12(10-14(11-13)23-5-2)16-17(21)18(24-19(16)20-3)15-7-6-8-25-15/h6-11,18,20H,4-5H2,1-3H3. The summed E-state index contributed by atoms with van der Waals surface area (Å²) < 4.78 is 17.1. The molecule has 2 heterocycles. The zero-order valence-corrected chi connectivity index (χ0v) is 15.3. The molecule has 1 N–H and O–H groups in total. The van der Waals surface area contributed by atoms with E-state index in [0.717, 1.165) is 10.4 Å². The Balaban J connectivity index is 2.02. The Labute approximate surface area is 151 Å². The van der Waals surface area contributed by atoms with Gasteiger partial charge < -0.3 is 19.5 Å². The van der Waals surface area contributed by atoms with Gasteiger partial charge in [0.25, 0.3) is 0 Å². The van der Waals surface area contributed by atoms with E-state index >= 15 is 0 Å². The monoisotopic (exact) mass is 359 g/mol. The van der Waals surface area contributed by atoms with E-state index in [0.29, 0.717) is 36.2 Å². The number of hydrogen-bond acceptors (Lipinski definition) is 6. The van der Waals surface area contributed by atoms with E-state index in [1.165, 1.54) is 11.3 Å². The Morgan fingerprint density at radius 2 is 1.84 bits per heavy atom. The molecule has 0 bridgehead atoms. The summed E-state index contributed by atoms with van der Waals surface area (Å²) in [6.07, 6.45) is -0.608. The van der Waals surface area contributed by atoms with Gasteiger partial charge in [-0.2, -0.15) is 0 Å². The van der Waals surface area contributed by atoms with E-state index in [-0.39, 0.29) is 5.78 Å². The lowest BCUT2D eigenvalue weighted by Crippen LogP contribution is -2.08. The predicted molar refractivity (Wildman–Crippen MR) is 97.9 cm³/mol. The molecule has 0 aliphatic carbocycles. The van der Waals surface area contributed by atoms with Crippen molar-refractivity contribution in [2.45, 2.75) is 20.0 Å². The van der Waals surface area contributed by atoms with E-state index in [1.807, 2.05) is 49.6 Å². The molecule has 1 aliphatic rings. The maximum Gasteiger partial charge on any atom is 0.214 e. The van der Waals surface area contributed by atoms with Crippen molar-refractivity contribution in [3.8, 4) is 11.5 Å². The van der Waals surface area contributed by atoms with Crippen LogP contribution < -0.4 is 14.8 Å².